The Hall–Kier alpha value is -2.05. The number of ether oxygens (including phenoxy) is 1. The second kappa shape index (κ2) is 8.95. The van der Waals surface area contributed by atoms with Gasteiger partial charge in [-0.2, -0.15) is 8.62 Å². The van der Waals surface area contributed by atoms with Crippen LogP contribution < -0.4 is 5.73 Å². The Morgan fingerprint density at radius 2 is 1.79 bits per heavy atom. The minimum absolute atomic E-state index is 0.0958. The summed E-state index contributed by atoms with van der Waals surface area (Å²) in [4.78, 5) is 49.8. The van der Waals surface area contributed by atoms with Crippen molar-refractivity contribution in [3.63, 3.8) is 0 Å². The van der Waals surface area contributed by atoms with Crippen LogP contribution in [-0.4, -0.2) is 67.8 Å². The van der Waals surface area contributed by atoms with Gasteiger partial charge in [-0.15, -0.1) is 0 Å². The number of aromatic nitrogens is 4. The third-order valence-corrected chi connectivity index (χ3v) is 7.52. The van der Waals surface area contributed by atoms with Gasteiger partial charge in [0.2, 0.25) is 5.95 Å². The predicted octanol–water partition coefficient (Wildman–Crippen LogP) is -0.730. The van der Waals surface area contributed by atoms with Crippen LogP contribution in [0.1, 0.15) is 6.23 Å². The van der Waals surface area contributed by atoms with Gasteiger partial charge in [0, 0.05) is 4.91 Å². The number of phosphoric acid groups is 3. The number of anilines is 1. The lowest BCUT2D eigenvalue weighted by Crippen LogP contribution is -2.32. The molecule has 0 aromatic carbocycles. The highest BCUT2D eigenvalue weighted by Crippen LogP contribution is 2.67. The average Bonchev–Trinajstić information content (AvgIpc) is 3.12. The van der Waals surface area contributed by atoms with Crippen LogP contribution in [0.3, 0.4) is 0 Å². The van der Waals surface area contributed by atoms with Gasteiger partial charge in [0.15, 0.2) is 29.5 Å². The Morgan fingerprint density at radius 1 is 1.12 bits per heavy atom. The SMILES string of the molecule is [N-]=[N+]=Nc1nc2c(N)ncnc2n1C1OC(OP(=O)(O)OP(=O)(O)OP(=O)(O)O)C(O)C1O. The van der Waals surface area contributed by atoms with Crippen LogP contribution in [-0.2, 0) is 31.6 Å². The summed E-state index contributed by atoms with van der Waals surface area (Å²) < 4.78 is 51.6. The lowest BCUT2D eigenvalue weighted by molar-refractivity contribution is -0.133. The number of azide groups is 1. The van der Waals surface area contributed by atoms with Crippen LogP contribution >= 0.6 is 23.5 Å². The summed E-state index contributed by atoms with van der Waals surface area (Å²) >= 11 is 0. The molecule has 182 valence electrons. The Balaban J connectivity index is 1.89. The minimum Gasteiger partial charge on any atom is -0.385 e. The number of fused-ring (bicyclic) bond motifs is 1. The number of aliphatic hydroxyl groups excluding tert-OH is 2. The number of hydrogen-bond donors (Lipinski definition) is 7. The van der Waals surface area contributed by atoms with Crippen LogP contribution in [0.2, 0.25) is 0 Å². The van der Waals surface area contributed by atoms with E-state index in [-0.39, 0.29) is 17.0 Å². The summed E-state index contributed by atoms with van der Waals surface area (Å²) in [6.07, 6.45) is -7.10. The zero-order valence-corrected chi connectivity index (χ0v) is 18.2. The van der Waals surface area contributed by atoms with E-state index in [9.17, 15) is 33.7 Å². The maximum Gasteiger partial charge on any atom is 0.490 e. The molecular formula is C9H13N8O13P3. The smallest absolute Gasteiger partial charge is 0.385 e. The van der Waals surface area contributed by atoms with Crippen molar-refractivity contribution in [1.82, 2.24) is 19.5 Å². The molecule has 24 heteroatoms. The third kappa shape index (κ3) is 5.72. The Labute approximate surface area is 180 Å². The number of nitrogen functional groups attached to an aromatic ring is 1. The van der Waals surface area contributed by atoms with E-state index in [1.165, 1.54) is 0 Å². The van der Waals surface area contributed by atoms with Crippen LogP contribution in [0, 0.1) is 0 Å². The Morgan fingerprint density at radius 3 is 2.39 bits per heavy atom. The summed E-state index contributed by atoms with van der Waals surface area (Å²) in [5, 5.41) is 23.8. The van der Waals surface area contributed by atoms with Gasteiger partial charge in [-0.05, 0) is 10.6 Å². The highest BCUT2D eigenvalue weighted by molar-refractivity contribution is 7.66. The zero-order chi connectivity index (χ0) is 24.8. The topological polar surface area (TPSA) is 328 Å². The van der Waals surface area contributed by atoms with Gasteiger partial charge < -0.3 is 40.3 Å². The van der Waals surface area contributed by atoms with Crippen LogP contribution in [0.5, 0.6) is 0 Å². The highest BCUT2D eigenvalue weighted by Gasteiger charge is 2.50. The molecule has 6 atom stereocenters. The molecule has 6 unspecified atom stereocenters. The molecule has 1 aliphatic rings. The number of phosphoric ester groups is 1. The fourth-order valence-corrected chi connectivity index (χ4v) is 5.72. The summed E-state index contributed by atoms with van der Waals surface area (Å²) in [6.45, 7) is 0. The molecule has 33 heavy (non-hydrogen) atoms. The standard InChI is InChI=1S/C9H13N8O13P3/c10-5-2-6(13-1-12-5)17(9(14-2)15-16-11)7-3(18)4(19)8(27-7)28-32(23,24)30-33(25,26)29-31(20,21)22/h1,3-4,7-8,18-19H,(H,23,24)(H,25,26)(H2,10,12,13)(H2,20,21,22). The molecule has 8 N–H and O–H groups in total. The molecule has 3 heterocycles. The molecule has 21 nitrogen and oxygen atoms in total. The summed E-state index contributed by atoms with van der Waals surface area (Å²) in [5.74, 6) is -0.638. The van der Waals surface area contributed by atoms with E-state index in [1.54, 1.807) is 0 Å². The molecule has 1 fully saturated rings. The quantitative estimate of drug-likeness (QED) is 0.0949. The van der Waals surface area contributed by atoms with Crippen molar-refractivity contribution in [3.8, 4) is 0 Å². The molecule has 0 aliphatic carbocycles. The van der Waals surface area contributed by atoms with E-state index in [0.717, 1.165) is 10.9 Å². The number of nitrogens with zero attached hydrogens (tertiary/aromatic N) is 7. The van der Waals surface area contributed by atoms with E-state index in [4.69, 9.17) is 25.8 Å². The number of aliphatic hydroxyl groups is 2. The second-order valence-electron chi connectivity index (χ2n) is 5.97. The summed E-state index contributed by atoms with van der Waals surface area (Å²) in [6, 6.07) is 0. The van der Waals surface area contributed by atoms with Gasteiger partial charge in [-0.25, -0.2) is 28.6 Å². The van der Waals surface area contributed by atoms with E-state index in [1.807, 2.05) is 0 Å². The first-order valence-corrected chi connectivity index (χ1v) is 12.5. The van der Waals surface area contributed by atoms with Crippen molar-refractivity contribution >= 4 is 46.4 Å². The molecule has 2 aromatic heterocycles. The largest absolute Gasteiger partial charge is 0.490 e. The van der Waals surface area contributed by atoms with Gasteiger partial charge in [0.1, 0.15) is 18.5 Å². The molecule has 0 radical (unpaired) electrons. The Kier molecular flexibility index (Phi) is 6.94. The monoisotopic (exact) mass is 534 g/mol. The first kappa shape index (κ1) is 25.6. The number of nitrogens with two attached hydrogens (primary N) is 1. The molecule has 1 aliphatic heterocycles. The van der Waals surface area contributed by atoms with Gasteiger partial charge in [0.05, 0.1) is 0 Å². The normalized spacial score (nSPS) is 27.1. The van der Waals surface area contributed by atoms with Gasteiger partial charge in [-0.1, -0.05) is 0 Å². The fraction of sp³-hybridized carbons (Fsp3) is 0.444. The van der Waals surface area contributed by atoms with E-state index >= 15 is 0 Å². The van der Waals surface area contributed by atoms with Crippen molar-refractivity contribution in [2.45, 2.75) is 24.7 Å². The molecule has 0 bridgehead atoms. The molecule has 0 spiro atoms. The first-order valence-electron chi connectivity index (χ1n) is 8.01. The maximum atomic E-state index is 12.0. The molecule has 0 amide bonds. The van der Waals surface area contributed by atoms with Gasteiger partial charge in [0.25, 0.3) is 0 Å². The van der Waals surface area contributed by atoms with Crippen molar-refractivity contribution < 1.29 is 61.4 Å². The number of rotatable bonds is 8. The summed E-state index contributed by atoms with van der Waals surface area (Å²) in [5.41, 5.74) is 14.2. The van der Waals surface area contributed by atoms with E-state index < -0.39 is 54.1 Å². The maximum absolute atomic E-state index is 12.0. The third-order valence-electron chi connectivity index (χ3n) is 3.72. The first-order chi connectivity index (χ1) is 15.1. The van der Waals surface area contributed by atoms with Gasteiger partial charge in [-0.3, -0.25) is 9.09 Å². The van der Waals surface area contributed by atoms with Crippen LogP contribution in [0.4, 0.5) is 11.8 Å². The predicted molar refractivity (Wildman–Crippen MR) is 99.4 cm³/mol. The number of imidazole rings is 1. The molecule has 2 aromatic rings. The van der Waals surface area contributed by atoms with Gasteiger partial charge >= 0.3 is 23.5 Å². The van der Waals surface area contributed by atoms with Crippen molar-refractivity contribution in [2.24, 2.45) is 5.11 Å². The molecule has 3 rings (SSSR count). The highest BCUT2D eigenvalue weighted by atomic mass is 31.3. The van der Waals surface area contributed by atoms with Crippen molar-refractivity contribution in [1.29, 1.82) is 0 Å². The molecular weight excluding hydrogens is 521 g/mol. The molecule has 1 saturated heterocycles. The van der Waals surface area contributed by atoms with Crippen LogP contribution in [0.15, 0.2) is 11.4 Å². The van der Waals surface area contributed by atoms with Crippen molar-refractivity contribution in [3.05, 3.63) is 16.8 Å². The molecule has 0 saturated carbocycles. The lowest BCUT2D eigenvalue weighted by Gasteiger charge is -2.20. The fourth-order valence-electron chi connectivity index (χ4n) is 2.62. The lowest BCUT2D eigenvalue weighted by atomic mass is 10.2. The summed E-state index contributed by atoms with van der Waals surface area (Å²) in [7, 11) is -17.2. The Bertz CT molecular complexity index is 1260. The van der Waals surface area contributed by atoms with E-state index in [0.29, 0.717) is 0 Å². The number of hydrogen-bond acceptors (Lipinski definition) is 14. The van der Waals surface area contributed by atoms with Crippen LogP contribution in [0.25, 0.3) is 21.6 Å². The second-order valence-corrected chi connectivity index (χ2v) is 10.3. The van der Waals surface area contributed by atoms with Crippen molar-refractivity contribution in [2.75, 3.05) is 5.73 Å². The van der Waals surface area contributed by atoms with E-state index in [2.05, 4.69) is 38.1 Å². The minimum atomic E-state index is -5.85. The average molecular weight is 534 g/mol. The zero-order valence-electron chi connectivity index (χ0n) is 15.5.